The van der Waals surface area contributed by atoms with Gasteiger partial charge in [0.1, 0.15) is 0 Å². The molecule has 7 aliphatic carbocycles. The number of aliphatic hydroxyl groups excluding tert-OH is 2. The maximum Gasteiger partial charge on any atom is 0.0605 e. The standard InChI is InChI=1S/C20H28O2/c21-6-11-12-7-2-1-3-8(7)15-16(12)17-14(11)9-4-5-10-13(9)18(17)19(15)20(10)22/h7-22H,1-6H2/t7-,8+,9-,10-,11-,12+,13+,14+,15+,16-,17-,18-,19+,20-/m1/s1. The molecule has 2 heteroatoms. The van der Waals surface area contributed by atoms with Crippen molar-refractivity contribution in [3.8, 4) is 0 Å². The second kappa shape index (κ2) is 3.61. The second-order valence-corrected chi connectivity index (χ2v) is 10.1. The lowest BCUT2D eigenvalue weighted by atomic mass is 9.75. The van der Waals surface area contributed by atoms with E-state index in [1.165, 1.54) is 32.1 Å². The van der Waals surface area contributed by atoms with E-state index >= 15 is 0 Å². The molecule has 7 aliphatic rings. The summed E-state index contributed by atoms with van der Waals surface area (Å²) >= 11 is 0. The van der Waals surface area contributed by atoms with E-state index in [-0.39, 0.29) is 6.10 Å². The predicted octanol–water partition coefficient (Wildman–Crippen LogP) is 2.40. The van der Waals surface area contributed by atoms with Crippen molar-refractivity contribution >= 4 is 0 Å². The molecule has 22 heavy (non-hydrogen) atoms. The molecule has 14 atom stereocenters. The molecule has 0 amide bonds. The van der Waals surface area contributed by atoms with Crippen molar-refractivity contribution < 1.29 is 10.2 Å². The molecular weight excluding hydrogens is 272 g/mol. The summed E-state index contributed by atoms with van der Waals surface area (Å²) in [6.07, 6.45) is 7.00. The van der Waals surface area contributed by atoms with Gasteiger partial charge >= 0.3 is 0 Å². The molecule has 0 bridgehead atoms. The summed E-state index contributed by atoms with van der Waals surface area (Å²) in [6.45, 7) is 0.464. The van der Waals surface area contributed by atoms with Crippen LogP contribution < -0.4 is 0 Å². The highest BCUT2D eigenvalue weighted by Gasteiger charge is 2.80. The monoisotopic (exact) mass is 300 g/mol. The predicted molar refractivity (Wildman–Crippen MR) is 81.5 cm³/mol. The molecule has 120 valence electrons. The number of aliphatic hydroxyl groups is 2. The molecule has 0 aromatic rings. The summed E-state index contributed by atoms with van der Waals surface area (Å²) in [5, 5.41) is 21.4. The van der Waals surface area contributed by atoms with Gasteiger partial charge in [0.05, 0.1) is 6.10 Å². The lowest BCUT2D eigenvalue weighted by Gasteiger charge is -2.31. The van der Waals surface area contributed by atoms with Crippen molar-refractivity contribution in [2.24, 2.45) is 76.9 Å². The summed E-state index contributed by atoms with van der Waals surface area (Å²) in [7, 11) is 0. The van der Waals surface area contributed by atoms with Crippen LogP contribution >= 0.6 is 0 Å². The van der Waals surface area contributed by atoms with Crippen LogP contribution in [0.4, 0.5) is 0 Å². The van der Waals surface area contributed by atoms with E-state index in [2.05, 4.69) is 0 Å². The molecule has 7 rings (SSSR count). The zero-order valence-corrected chi connectivity index (χ0v) is 13.2. The van der Waals surface area contributed by atoms with E-state index in [1.807, 2.05) is 0 Å². The maximum atomic E-state index is 11.1. The normalized spacial score (nSPS) is 75.0. The first-order valence-corrected chi connectivity index (χ1v) is 10.1. The van der Waals surface area contributed by atoms with Crippen LogP contribution in [0.25, 0.3) is 0 Å². The Morgan fingerprint density at radius 3 is 2.05 bits per heavy atom. The van der Waals surface area contributed by atoms with Crippen LogP contribution in [-0.2, 0) is 0 Å². The lowest BCUT2D eigenvalue weighted by Crippen LogP contribution is -2.30. The third-order valence-electron chi connectivity index (χ3n) is 10.5. The van der Waals surface area contributed by atoms with Gasteiger partial charge in [-0.25, -0.2) is 0 Å². The van der Waals surface area contributed by atoms with Crippen molar-refractivity contribution in [3.63, 3.8) is 0 Å². The van der Waals surface area contributed by atoms with Gasteiger partial charge in [0.2, 0.25) is 0 Å². The van der Waals surface area contributed by atoms with Crippen LogP contribution in [0.15, 0.2) is 0 Å². The van der Waals surface area contributed by atoms with Crippen molar-refractivity contribution in [2.75, 3.05) is 6.61 Å². The Bertz CT molecular complexity index is 537. The SMILES string of the molecule is OC[C@H]1[C@@H]2[C@@H]3CC[C@H]4[C@@H](O)[C@H]5[C@H]6[C@H]7CCC[C@H]7[C@@H]1[C@H]6[C@@H]2[C@H]5[C@H]43. The summed E-state index contributed by atoms with van der Waals surface area (Å²) < 4.78 is 0. The fourth-order valence-electron chi connectivity index (χ4n) is 10.9. The van der Waals surface area contributed by atoms with Gasteiger partial charge in [-0.3, -0.25) is 0 Å². The fourth-order valence-corrected chi connectivity index (χ4v) is 10.9. The summed E-state index contributed by atoms with van der Waals surface area (Å²) in [6, 6.07) is 0. The van der Waals surface area contributed by atoms with E-state index in [0.717, 1.165) is 59.2 Å². The van der Waals surface area contributed by atoms with Crippen molar-refractivity contribution in [1.82, 2.24) is 0 Å². The van der Waals surface area contributed by atoms with E-state index in [9.17, 15) is 10.2 Å². The largest absolute Gasteiger partial charge is 0.396 e. The third kappa shape index (κ3) is 0.989. The first kappa shape index (κ1) is 12.3. The molecular formula is C20H28O2. The van der Waals surface area contributed by atoms with Gasteiger partial charge < -0.3 is 10.2 Å². The highest BCUT2D eigenvalue weighted by Crippen LogP contribution is 2.82. The number of fused-ring (bicyclic) bond motifs is 5. The Morgan fingerprint density at radius 1 is 0.591 bits per heavy atom. The molecule has 0 heterocycles. The first-order chi connectivity index (χ1) is 10.8. The average molecular weight is 300 g/mol. The van der Waals surface area contributed by atoms with Gasteiger partial charge in [-0.2, -0.15) is 0 Å². The van der Waals surface area contributed by atoms with Crippen LogP contribution in [0.3, 0.4) is 0 Å². The molecule has 2 N–H and O–H groups in total. The van der Waals surface area contributed by atoms with Gasteiger partial charge in [0.25, 0.3) is 0 Å². The van der Waals surface area contributed by atoms with E-state index < -0.39 is 0 Å². The Hall–Kier alpha value is -0.0800. The van der Waals surface area contributed by atoms with Crippen LogP contribution in [0.5, 0.6) is 0 Å². The van der Waals surface area contributed by atoms with Gasteiger partial charge in [0.15, 0.2) is 0 Å². The van der Waals surface area contributed by atoms with E-state index in [0.29, 0.717) is 24.4 Å². The van der Waals surface area contributed by atoms with Gasteiger partial charge in [-0.1, -0.05) is 6.42 Å². The molecule has 0 radical (unpaired) electrons. The molecule has 7 fully saturated rings. The Morgan fingerprint density at radius 2 is 1.23 bits per heavy atom. The van der Waals surface area contributed by atoms with Crippen molar-refractivity contribution in [2.45, 2.75) is 38.2 Å². The van der Waals surface area contributed by atoms with Crippen molar-refractivity contribution in [3.05, 3.63) is 0 Å². The number of hydrogen-bond donors (Lipinski definition) is 2. The Labute approximate surface area is 132 Å². The zero-order valence-electron chi connectivity index (χ0n) is 13.2. The van der Waals surface area contributed by atoms with E-state index in [1.54, 1.807) is 0 Å². The summed E-state index contributed by atoms with van der Waals surface area (Å²) in [5.41, 5.74) is 0. The molecule has 0 aromatic heterocycles. The minimum absolute atomic E-state index is 0.0455. The summed E-state index contributed by atoms with van der Waals surface area (Å²) in [4.78, 5) is 0. The smallest absolute Gasteiger partial charge is 0.0605 e. The summed E-state index contributed by atoms with van der Waals surface area (Å²) in [5.74, 6) is 10.8. The zero-order chi connectivity index (χ0) is 14.3. The molecule has 0 aromatic carbocycles. The average Bonchev–Trinajstić information content (AvgIpc) is 3.26. The van der Waals surface area contributed by atoms with Gasteiger partial charge in [-0.15, -0.1) is 0 Å². The lowest BCUT2D eigenvalue weighted by molar-refractivity contribution is 0.0456. The van der Waals surface area contributed by atoms with Crippen molar-refractivity contribution in [1.29, 1.82) is 0 Å². The maximum absolute atomic E-state index is 11.1. The number of hydrogen-bond acceptors (Lipinski definition) is 2. The van der Waals surface area contributed by atoms with Crippen LogP contribution in [0, 0.1) is 76.9 Å². The third-order valence-corrected chi connectivity index (χ3v) is 10.5. The quantitative estimate of drug-likeness (QED) is 0.780. The van der Waals surface area contributed by atoms with Crippen LogP contribution in [0.2, 0.25) is 0 Å². The second-order valence-electron chi connectivity index (χ2n) is 10.1. The minimum atomic E-state index is 0.0455. The molecule has 0 saturated heterocycles. The van der Waals surface area contributed by atoms with Gasteiger partial charge in [-0.05, 0) is 103 Å². The topological polar surface area (TPSA) is 40.5 Å². The fraction of sp³-hybridized carbons (Fsp3) is 1.00. The molecule has 0 unspecified atom stereocenters. The Kier molecular flexibility index (Phi) is 2.02. The molecule has 0 spiro atoms. The Balaban J connectivity index is 1.46. The first-order valence-electron chi connectivity index (χ1n) is 10.1. The highest BCUT2D eigenvalue weighted by atomic mass is 16.3. The molecule has 0 aliphatic heterocycles. The molecule has 7 saturated carbocycles. The molecule has 2 nitrogen and oxygen atoms in total. The van der Waals surface area contributed by atoms with Gasteiger partial charge in [0, 0.05) is 6.61 Å². The van der Waals surface area contributed by atoms with E-state index in [4.69, 9.17) is 0 Å². The van der Waals surface area contributed by atoms with Crippen LogP contribution in [-0.4, -0.2) is 22.9 Å². The number of rotatable bonds is 1. The highest BCUT2D eigenvalue weighted by molar-refractivity contribution is 5.27. The minimum Gasteiger partial charge on any atom is -0.396 e. The van der Waals surface area contributed by atoms with Crippen LogP contribution in [0.1, 0.15) is 32.1 Å².